The van der Waals surface area contributed by atoms with Crippen LogP contribution in [0.5, 0.6) is 0 Å². The fourth-order valence-electron chi connectivity index (χ4n) is 2.69. The molecule has 0 aliphatic carbocycles. The fraction of sp³-hybridized carbons (Fsp3) is 0.944. The second-order valence-corrected chi connectivity index (χ2v) is 8.87. The highest BCUT2D eigenvalue weighted by Gasteiger charge is 2.31. The molecular weight excluding hydrogens is 276 g/mol. The molecule has 1 aliphatic rings. The third kappa shape index (κ3) is 6.15. The van der Waals surface area contributed by atoms with Gasteiger partial charge in [-0.05, 0) is 58.8 Å². The lowest BCUT2D eigenvalue weighted by Crippen LogP contribution is -2.51. The lowest BCUT2D eigenvalue weighted by Gasteiger charge is -2.39. The topological polar surface area (TPSA) is 41.6 Å². The maximum atomic E-state index is 12.2. The first-order chi connectivity index (χ1) is 9.90. The van der Waals surface area contributed by atoms with Crippen molar-refractivity contribution < 1.29 is 9.53 Å². The Morgan fingerprint density at radius 2 is 1.77 bits per heavy atom. The van der Waals surface area contributed by atoms with Crippen molar-refractivity contribution in [3.05, 3.63) is 0 Å². The summed E-state index contributed by atoms with van der Waals surface area (Å²) in [5, 5.41) is 3.72. The summed E-state index contributed by atoms with van der Waals surface area (Å²) >= 11 is 0. The van der Waals surface area contributed by atoms with Crippen molar-refractivity contribution in [2.24, 2.45) is 11.3 Å². The van der Waals surface area contributed by atoms with Crippen molar-refractivity contribution in [1.82, 2.24) is 10.2 Å². The van der Waals surface area contributed by atoms with Crippen LogP contribution in [0, 0.1) is 11.3 Å². The fourth-order valence-corrected chi connectivity index (χ4v) is 2.69. The van der Waals surface area contributed by atoms with Crippen molar-refractivity contribution in [1.29, 1.82) is 0 Å². The number of nitrogens with zero attached hydrogens (tertiary/aromatic N) is 1. The van der Waals surface area contributed by atoms with Crippen LogP contribution in [0.15, 0.2) is 0 Å². The quantitative estimate of drug-likeness (QED) is 0.855. The third-order valence-electron chi connectivity index (χ3n) is 4.63. The number of ether oxygens (including phenoxy) is 1. The van der Waals surface area contributed by atoms with Gasteiger partial charge in [0.15, 0.2) is 0 Å². The Kier molecular flexibility index (Phi) is 6.31. The lowest BCUT2D eigenvalue weighted by atomic mass is 9.85. The minimum atomic E-state index is -0.422. The van der Waals surface area contributed by atoms with Crippen LogP contribution in [0.3, 0.4) is 0 Å². The molecule has 0 spiro atoms. The molecule has 0 aromatic heterocycles. The largest absolute Gasteiger partial charge is 0.444 e. The van der Waals surface area contributed by atoms with Gasteiger partial charge in [-0.3, -0.25) is 0 Å². The van der Waals surface area contributed by atoms with E-state index in [2.05, 4.69) is 39.9 Å². The van der Waals surface area contributed by atoms with Gasteiger partial charge in [0.25, 0.3) is 0 Å². The van der Waals surface area contributed by atoms with E-state index >= 15 is 0 Å². The smallest absolute Gasteiger partial charge is 0.410 e. The summed E-state index contributed by atoms with van der Waals surface area (Å²) < 4.78 is 5.51. The minimum absolute atomic E-state index is 0.173. The molecule has 1 heterocycles. The average molecular weight is 312 g/mol. The second-order valence-electron chi connectivity index (χ2n) is 8.87. The molecule has 0 saturated carbocycles. The molecule has 1 fully saturated rings. The Hall–Kier alpha value is -0.770. The van der Waals surface area contributed by atoms with Gasteiger partial charge in [0, 0.05) is 25.2 Å². The molecule has 1 saturated heterocycles. The van der Waals surface area contributed by atoms with E-state index in [4.69, 9.17) is 4.74 Å². The zero-order valence-corrected chi connectivity index (χ0v) is 15.8. The molecule has 130 valence electrons. The Balaban J connectivity index is 2.57. The van der Waals surface area contributed by atoms with Gasteiger partial charge in [-0.25, -0.2) is 4.79 Å². The molecule has 3 atom stereocenters. The van der Waals surface area contributed by atoms with E-state index < -0.39 is 5.60 Å². The summed E-state index contributed by atoms with van der Waals surface area (Å²) in [4.78, 5) is 14.1. The monoisotopic (exact) mass is 312 g/mol. The first-order valence-electron chi connectivity index (χ1n) is 8.64. The van der Waals surface area contributed by atoms with E-state index in [1.165, 1.54) is 6.42 Å². The molecule has 1 rings (SSSR count). The van der Waals surface area contributed by atoms with Crippen molar-refractivity contribution in [3.8, 4) is 0 Å². The highest BCUT2D eigenvalue weighted by molar-refractivity contribution is 5.68. The summed E-state index contributed by atoms with van der Waals surface area (Å²) in [7, 11) is 0. The molecule has 1 amide bonds. The van der Waals surface area contributed by atoms with E-state index in [9.17, 15) is 4.79 Å². The van der Waals surface area contributed by atoms with E-state index in [0.717, 1.165) is 19.5 Å². The Bertz CT molecular complexity index is 368. The average Bonchev–Trinajstić information content (AvgIpc) is 2.35. The SMILES string of the molecule is CC(NC(C)C(C)(C)C)C1CCCN(C(=O)OC(C)(C)C)C1. The number of carbonyl (C=O) groups is 1. The number of rotatable bonds is 3. The van der Waals surface area contributed by atoms with Gasteiger partial charge < -0.3 is 15.0 Å². The zero-order valence-electron chi connectivity index (χ0n) is 15.8. The molecule has 1 N–H and O–H groups in total. The lowest BCUT2D eigenvalue weighted by molar-refractivity contribution is 0.0142. The highest BCUT2D eigenvalue weighted by Crippen LogP contribution is 2.24. The standard InChI is InChI=1S/C18H36N2O2/c1-13(19-14(2)17(3,4)5)15-10-9-11-20(12-15)16(21)22-18(6,7)8/h13-15,19H,9-12H2,1-8H3. The van der Waals surface area contributed by atoms with Crippen LogP contribution in [0.4, 0.5) is 4.79 Å². The predicted molar refractivity (Wildman–Crippen MR) is 92.0 cm³/mol. The highest BCUT2D eigenvalue weighted by atomic mass is 16.6. The molecule has 22 heavy (non-hydrogen) atoms. The second kappa shape index (κ2) is 7.20. The Labute approximate surface area is 137 Å². The van der Waals surface area contributed by atoms with E-state index in [0.29, 0.717) is 18.0 Å². The van der Waals surface area contributed by atoms with Gasteiger partial charge in [0.1, 0.15) is 5.60 Å². The van der Waals surface area contributed by atoms with Crippen LogP contribution in [0.2, 0.25) is 0 Å². The van der Waals surface area contributed by atoms with Crippen LogP contribution >= 0.6 is 0 Å². The maximum absolute atomic E-state index is 12.2. The van der Waals surface area contributed by atoms with Gasteiger partial charge in [0.2, 0.25) is 0 Å². The molecular formula is C18H36N2O2. The number of amides is 1. The number of hydrogen-bond acceptors (Lipinski definition) is 3. The van der Waals surface area contributed by atoms with Gasteiger partial charge >= 0.3 is 6.09 Å². The van der Waals surface area contributed by atoms with Crippen LogP contribution in [-0.2, 0) is 4.74 Å². The summed E-state index contributed by atoms with van der Waals surface area (Å²) in [5.41, 5.74) is -0.178. The van der Waals surface area contributed by atoms with Gasteiger partial charge in [-0.2, -0.15) is 0 Å². The summed E-state index contributed by atoms with van der Waals surface area (Å²) in [5.74, 6) is 0.492. The van der Waals surface area contributed by atoms with Gasteiger partial charge in [-0.1, -0.05) is 20.8 Å². The van der Waals surface area contributed by atoms with Gasteiger partial charge in [0.05, 0.1) is 0 Å². The summed E-state index contributed by atoms with van der Waals surface area (Å²) in [6.07, 6.45) is 2.05. The maximum Gasteiger partial charge on any atom is 0.410 e. The molecule has 0 aromatic rings. The molecule has 4 nitrogen and oxygen atoms in total. The number of carbonyl (C=O) groups excluding carboxylic acids is 1. The molecule has 0 bridgehead atoms. The normalized spacial score (nSPS) is 23.1. The van der Waals surface area contributed by atoms with Crippen LogP contribution in [0.25, 0.3) is 0 Å². The molecule has 0 aromatic carbocycles. The number of hydrogen-bond donors (Lipinski definition) is 1. The molecule has 4 heteroatoms. The zero-order chi connectivity index (χ0) is 17.1. The summed E-state index contributed by atoms with van der Waals surface area (Å²) in [6, 6.07) is 0.846. The number of nitrogens with one attached hydrogen (secondary N) is 1. The molecule has 0 radical (unpaired) electrons. The first kappa shape index (κ1) is 19.3. The van der Waals surface area contributed by atoms with E-state index in [1.807, 2.05) is 25.7 Å². The van der Waals surface area contributed by atoms with Crippen LogP contribution in [-0.4, -0.2) is 41.8 Å². The Morgan fingerprint density at radius 1 is 1.18 bits per heavy atom. The first-order valence-corrected chi connectivity index (χ1v) is 8.64. The van der Waals surface area contributed by atoms with Crippen molar-refractivity contribution >= 4 is 6.09 Å². The Morgan fingerprint density at radius 3 is 2.27 bits per heavy atom. The predicted octanol–water partition coefficient (Wildman–Crippen LogP) is 4.05. The molecule has 3 unspecified atom stereocenters. The third-order valence-corrected chi connectivity index (χ3v) is 4.63. The van der Waals surface area contributed by atoms with Gasteiger partial charge in [-0.15, -0.1) is 0 Å². The number of piperidine rings is 1. The summed E-state index contributed by atoms with van der Waals surface area (Å²) in [6.45, 7) is 18.6. The van der Waals surface area contributed by atoms with Crippen molar-refractivity contribution in [2.45, 2.75) is 85.9 Å². The van der Waals surface area contributed by atoms with E-state index in [-0.39, 0.29) is 11.5 Å². The number of likely N-dealkylation sites (tertiary alicyclic amines) is 1. The minimum Gasteiger partial charge on any atom is -0.444 e. The van der Waals surface area contributed by atoms with Crippen LogP contribution < -0.4 is 5.32 Å². The van der Waals surface area contributed by atoms with E-state index in [1.54, 1.807) is 0 Å². The van der Waals surface area contributed by atoms with Crippen molar-refractivity contribution in [2.75, 3.05) is 13.1 Å². The van der Waals surface area contributed by atoms with Crippen molar-refractivity contribution in [3.63, 3.8) is 0 Å². The van der Waals surface area contributed by atoms with Crippen LogP contribution in [0.1, 0.15) is 68.2 Å². The molecule has 1 aliphatic heterocycles.